The fraction of sp³-hybridized carbons (Fsp3) is 0.294. The molecular weight excluding hydrogens is 342 g/mol. The molecule has 1 aliphatic carbocycles. The molecule has 1 aromatic heterocycles. The van der Waals surface area contributed by atoms with E-state index in [2.05, 4.69) is 9.71 Å². The predicted octanol–water partition coefficient (Wildman–Crippen LogP) is 1.60. The quantitative estimate of drug-likeness (QED) is 0.855. The molecule has 2 aromatic rings. The summed E-state index contributed by atoms with van der Waals surface area (Å²) in [7, 11) is -2.49. The van der Waals surface area contributed by atoms with Crippen molar-refractivity contribution in [2.45, 2.75) is 30.2 Å². The average Bonchev–Trinajstić information content (AvgIpc) is 2.60. The molecule has 1 aliphatic rings. The van der Waals surface area contributed by atoms with Crippen molar-refractivity contribution < 1.29 is 17.9 Å². The number of nitrogen functional groups attached to an aromatic ring is 1. The highest BCUT2D eigenvalue weighted by atomic mass is 32.2. The summed E-state index contributed by atoms with van der Waals surface area (Å²) in [6.07, 6.45) is 2.15. The maximum absolute atomic E-state index is 12.6. The molecule has 1 aromatic carbocycles. The first-order valence-corrected chi connectivity index (χ1v) is 9.35. The molecule has 0 saturated heterocycles. The number of aromatic nitrogens is 1. The number of hydrogen-bond acceptors (Lipinski definition) is 6. The fourth-order valence-electron chi connectivity index (χ4n) is 3.11. The number of pyridine rings is 1. The number of ether oxygens (including phenoxy) is 1. The number of nitrogens with zero attached hydrogens (tertiary/aromatic N) is 1. The second-order valence-electron chi connectivity index (χ2n) is 5.84. The van der Waals surface area contributed by atoms with Crippen molar-refractivity contribution in [3.05, 3.63) is 47.5 Å². The Morgan fingerprint density at radius 3 is 2.76 bits per heavy atom. The maximum atomic E-state index is 12.6. The molecule has 0 bridgehead atoms. The van der Waals surface area contributed by atoms with Crippen LogP contribution in [0.15, 0.2) is 41.4 Å². The number of methoxy groups -OCH3 is 1. The summed E-state index contributed by atoms with van der Waals surface area (Å²) in [5.41, 5.74) is 7.28. The van der Waals surface area contributed by atoms with Crippen LogP contribution in [-0.2, 0) is 21.2 Å². The lowest BCUT2D eigenvalue weighted by Gasteiger charge is -2.26. The molecule has 0 aliphatic heterocycles. The normalized spacial score (nSPS) is 16.8. The van der Waals surface area contributed by atoms with E-state index in [0.29, 0.717) is 6.42 Å². The van der Waals surface area contributed by atoms with Crippen molar-refractivity contribution in [2.24, 2.45) is 0 Å². The van der Waals surface area contributed by atoms with Gasteiger partial charge in [-0.3, -0.25) is 4.79 Å². The Morgan fingerprint density at radius 2 is 2.04 bits per heavy atom. The highest BCUT2D eigenvalue weighted by molar-refractivity contribution is 7.90. The van der Waals surface area contributed by atoms with E-state index >= 15 is 0 Å². The fourth-order valence-corrected chi connectivity index (χ4v) is 4.11. The molecule has 3 N–H and O–H groups in total. The molecule has 0 radical (unpaired) electrons. The van der Waals surface area contributed by atoms with Gasteiger partial charge in [-0.05, 0) is 48.6 Å². The number of nitrogens with one attached hydrogen (secondary N) is 1. The van der Waals surface area contributed by atoms with Crippen LogP contribution in [0, 0.1) is 0 Å². The number of rotatable bonds is 4. The van der Waals surface area contributed by atoms with Gasteiger partial charge in [-0.2, -0.15) is 8.42 Å². The van der Waals surface area contributed by atoms with Crippen LogP contribution in [-0.4, -0.2) is 26.4 Å². The van der Waals surface area contributed by atoms with Crippen LogP contribution >= 0.6 is 0 Å². The summed E-state index contributed by atoms with van der Waals surface area (Å²) < 4.78 is 32.3. The second-order valence-corrected chi connectivity index (χ2v) is 7.47. The monoisotopic (exact) mass is 361 g/mol. The van der Waals surface area contributed by atoms with E-state index in [-0.39, 0.29) is 10.8 Å². The van der Waals surface area contributed by atoms with Gasteiger partial charge < -0.3 is 10.5 Å². The van der Waals surface area contributed by atoms with Gasteiger partial charge in [-0.1, -0.05) is 18.2 Å². The lowest BCUT2D eigenvalue weighted by molar-refractivity contribution is -0.121. The van der Waals surface area contributed by atoms with Gasteiger partial charge in [0.05, 0.1) is 13.0 Å². The Kier molecular flexibility index (Phi) is 4.63. The molecule has 8 heteroatoms. The number of nitrogens with two attached hydrogens (primary N) is 1. The molecule has 25 heavy (non-hydrogen) atoms. The van der Waals surface area contributed by atoms with Gasteiger partial charge >= 0.3 is 0 Å². The van der Waals surface area contributed by atoms with E-state index < -0.39 is 21.8 Å². The Morgan fingerprint density at radius 1 is 1.28 bits per heavy atom. The molecule has 1 unspecified atom stereocenters. The SMILES string of the molecule is COc1cccc2c1CCCC2C(=O)NS(=O)(=O)c1cccc(N)n1. The van der Waals surface area contributed by atoms with Gasteiger partial charge in [0, 0.05) is 0 Å². The number of benzene rings is 1. The molecule has 1 atom stereocenters. The van der Waals surface area contributed by atoms with Gasteiger partial charge in [0.2, 0.25) is 5.91 Å². The second kappa shape index (κ2) is 6.72. The number of sulfonamides is 1. The van der Waals surface area contributed by atoms with Gasteiger partial charge in [-0.25, -0.2) is 9.71 Å². The molecule has 0 fully saturated rings. The van der Waals surface area contributed by atoms with Crippen molar-refractivity contribution in [1.82, 2.24) is 9.71 Å². The van der Waals surface area contributed by atoms with Crippen molar-refractivity contribution in [3.8, 4) is 5.75 Å². The van der Waals surface area contributed by atoms with Gasteiger partial charge in [-0.15, -0.1) is 0 Å². The number of hydrogen-bond donors (Lipinski definition) is 2. The number of carbonyl (C=O) groups excluding carboxylic acids is 1. The van der Waals surface area contributed by atoms with E-state index in [9.17, 15) is 13.2 Å². The number of anilines is 1. The van der Waals surface area contributed by atoms with E-state index in [0.717, 1.165) is 29.7 Å². The van der Waals surface area contributed by atoms with Crippen LogP contribution in [0.4, 0.5) is 5.82 Å². The summed E-state index contributed by atoms with van der Waals surface area (Å²) in [6.45, 7) is 0. The summed E-state index contributed by atoms with van der Waals surface area (Å²) >= 11 is 0. The minimum absolute atomic E-state index is 0.0723. The average molecular weight is 361 g/mol. The highest BCUT2D eigenvalue weighted by Gasteiger charge is 2.31. The van der Waals surface area contributed by atoms with E-state index in [1.165, 1.54) is 18.2 Å². The van der Waals surface area contributed by atoms with Crippen LogP contribution in [0.1, 0.15) is 29.9 Å². The topological polar surface area (TPSA) is 111 Å². The van der Waals surface area contributed by atoms with Crippen LogP contribution < -0.4 is 15.2 Å². The third-order valence-electron chi connectivity index (χ3n) is 4.26. The molecule has 1 heterocycles. The summed E-state index contributed by atoms with van der Waals surface area (Å²) in [6, 6.07) is 9.73. The van der Waals surface area contributed by atoms with Crippen molar-refractivity contribution in [3.63, 3.8) is 0 Å². The lowest BCUT2D eigenvalue weighted by Crippen LogP contribution is -2.36. The zero-order chi connectivity index (χ0) is 18.0. The number of fused-ring (bicyclic) bond motifs is 1. The van der Waals surface area contributed by atoms with Gasteiger partial charge in [0.15, 0.2) is 5.03 Å². The Bertz CT molecular complexity index is 912. The van der Waals surface area contributed by atoms with E-state index in [1.807, 2.05) is 12.1 Å². The first-order valence-electron chi connectivity index (χ1n) is 7.87. The number of carbonyl (C=O) groups is 1. The van der Waals surface area contributed by atoms with Crippen LogP contribution in [0.3, 0.4) is 0 Å². The Hall–Kier alpha value is -2.61. The molecular formula is C17H19N3O4S. The van der Waals surface area contributed by atoms with Crippen molar-refractivity contribution >= 4 is 21.7 Å². The zero-order valence-corrected chi connectivity index (χ0v) is 14.5. The minimum atomic E-state index is -4.07. The van der Waals surface area contributed by atoms with Crippen LogP contribution in [0.5, 0.6) is 5.75 Å². The largest absolute Gasteiger partial charge is 0.496 e. The summed E-state index contributed by atoms with van der Waals surface area (Å²) in [4.78, 5) is 16.4. The molecule has 0 spiro atoms. The lowest BCUT2D eigenvalue weighted by atomic mass is 9.82. The zero-order valence-electron chi connectivity index (χ0n) is 13.7. The molecule has 3 rings (SSSR count). The van der Waals surface area contributed by atoms with Gasteiger partial charge in [0.25, 0.3) is 10.0 Å². The van der Waals surface area contributed by atoms with E-state index in [4.69, 9.17) is 10.5 Å². The maximum Gasteiger partial charge on any atom is 0.281 e. The van der Waals surface area contributed by atoms with E-state index in [1.54, 1.807) is 13.2 Å². The standard InChI is InChI=1S/C17H19N3O4S/c1-24-14-8-3-5-11-12(14)6-2-7-13(11)17(21)20-25(22,23)16-10-4-9-15(18)19-16/h3-5,8-10,13H,2,6-7H2,1H3,(H2,18,19)(H,20,21). The van der Waals surface area contributed by atoms with Crippen LogP contribution in [0.25, 0.3) is 0 Å². The van der Waals surface area contributed by atoms with Crippen molar-refractivity contribution in [1.29, 1.82) is 0 Å². The van der Waals surface area contributed by atoms with Gasteiger partial charge in [0.1, 0.15) is 11.6 Å². The highest BCUT2D eigenvalue weighted by Crippen LogP contribution is 2.36. The first kappa shape index (κ1) is 17.2. The third kappa shape index (κ3) is 3.43. The summed E-state index contributed by atoms with van der Waals surface area (Å²) in [5, 5.41) is -0.275. The van der Waals surface area contributed by atoms with Crippen LogP contribution in [0.2, 0.25) is 0 Å². The summed E-state index contributed by atoms with van der Waals surface area (Å²) in [5.74, 6) is -0.327. The Balaban J connectivity index is 1.88. The minimum Gasteiger partial charge on any atom is -0.496 e. The Labute approximate surface area is 146 Å². The molecule has 1 amide bonds. The van der Waals surface area contributed by atoms with Crippen molar-refractivity contribution in [2.75, 3.05) is 12.8 Å². The number of amides is 1. The smallest absolute Gasteiger partial charge is 0.281 e. The molecule has 0 saturated carbocycles. The first-order chi connectivity index (χ1) is 11.9. The third-order valence-corrected chi connectivity index (χ3v) is 5.50. The predicted molar refractivity (Wildman–Crippen MR) is 92.7 cm³/mol. The molecule has 132 valence electrons. The molecule has 7 nitrogen and oxygen atoms in total.